The molecule has 0 aliphatic carbocycles. The van der Waals surface area contributed by atoms with Gasteiger partial charge in [0.15, 0.2) is 18.1 Å². The summed E-state index contributed by atoms with van der Waals surface area (Å²) in [5.41, 5.74) is 0.997. The van der Waals surface area contributed by atoms with Gasteiger partial charge in [-0.3, -0.25) is 9.59 Å². The van der Waals surface area contributed by atoms with Crippen molar-refractivity contribution in [2.75, 3.05) is 44.8 Å². The number of morpholine rings is 1. The normalized spacial score (nSPS) is 13.7. The van der Waals surface area contributed by atoms with Crippen molar-refractivity contribution in [1.29, 1.82) is 0 Å². The minimum atomic E-state index is -0.302. The second-order valence-electron chi connectivity index (χ2n) is 6.34. The molecule has 29 heavy (non-hydrogen) atoms. The summed E-state index contributed by atoms with van der Waals surface area (Å²) < 4.78 is 16.5. The monoisotopic (exact) mass is 418 g/mol. The van der Waals surface area contributed by atoms with Crippen LogP contribution in [-0.4, -0.2) is 56.2 Å². The zero-order valence-corrected chi connectivity index (χ0v) is 16.9. The fourth-order valence-electron chi connectivity index (χ4n) is 2.85. The third kappa shape index (κ3) is 5.85. The highest BCUT2D eigenvalue weighted by Crippen LogP contribution is 2.29. The van der Waals surface area contributed by atoms with Crippen molar-refractivity contribution in [2.45, 2.75) is 6.92 Å². The average molecular weight is 419 g/mol. The van der Waals surface area contributed by atoms with Gasteiger partial charge in [-0.1, -0.05) is 17.7 Å². The van der Waals surface area contributed by atoms with Crippen LogP contribution in [-0.2, 0) is 9.53 Å². The first-order valence-electron chi connectivity index (χ1n) is 9.39. The zero-order valence-electron chi connectivity index (χ0n) is 16.2. The number of amides is 2. The van der Waals surface area contributed by atoms with Crippen LogP contribution in [0.2, 0.25) is 5.02 Å². The van der Waals surface area contributed by atoms with Crippen LogP contribution < -0.4 is 14.8 Å². The molecular weight excluding hydrogens is 396 g/mol. The first kappa shape index (κ1) is 21.0. The van der Waals surface area contributed by atoms with E-state index < -0.39 is 0 Å². The SMILES string of the molecule is CCOc1cc(C(=O)Nc2cccc(Cl)c2)ccc1OCC(=O)N1CCOCC1. The molecule has 1 saturated heterocycles. The fraction of sp³-hybridized carbons (Fsp3) is 0.333. The van der Waals surface area contributed by atoms with Gasteiger partial charge in [0, 0.05) is 29.4 Å². The molecule has 2 aromatic carbocycles. The summed E-state index contributed by atoms with van der Waals surface area (Å²) >= 11 is 5.95. The van der Waals surface area contributed by atoms with Gasteiger partial charge in [-0.15, -0.1) is 0 Å². The van der Waals surface area contributed by atoms with E-state index in [0.717, 1.165) is 0 Å². The fourth-order valence-corrected chi connectivity index (χ4v) is 3.04. The van der Waals surface area contributed by atoms with Crippen molar-refractivity contribution < 1.29 is 23.8 Å². The summed E-state index contributed by atoms with van der Waals surface area (Å²) in [6.07, 6.45) is 0. The van der Waals surface area contributed by atoms with Crippen LogP contribution in [0.25, 0.3) is 0 Å². The van der Waals surface area contributed by atoms with Crippen molar-refractivity contribution in [3.05, 3.63) is 53.1 Å². The summed E-state index contributed by atoms with van der Waals surface area (Å²) in [7, 11) is 0. The third-order valence-electron chi connectivity index (χ3n) is 4.30. The van der Waals surface area contributed by atoms with Gasteiger partial charge in [-0.2, -0.15) is 0 Å². The predicted octanol–water partition coefficient (Wildman–Crippen LogP) is 3.23. The number of anilines is 1. The molecule has 2 aromatic rings. The van der Waals surface area contributed by atoms with E-state index in [0.29, 0.717) is 60.7 Å². The van der Waals surface area contributed by atoms with Gasteiger partial charge in [0.2, 0.25) is 0 Å². The smallest absolute Gasteiger partial charge is 0.260 e. The minimum Gasteiger partial charge on any atom is -0.490 e. The Kier molecular flexibility index (Phi) is 7.32. The van der Waals surface area contributed by atoms with Crippen molar-refractivity contribution in [1.82, 2.24) is 4.90 Å². The maximum atomic E-state index is 12.5. The molecule has 0 spiro atoms. The Morgan fingerprint density at radius 2 is 1.90 bits per heavy atom. The average Bonchev–Trinajstić information content (AvgIpc) is 2.73. The lowest BCUT2D eigenvalue weighted by atomic mass is 10.2. The van der Waals surface area contributed by atoms with E-state index in [1.165, 1.54) is 0 Å². The summed E-state index contributed by atoms with van der Waals surface area (Å²) in [6.45, 7) is 4.31. The zero-order chi connectivity index (χ0) is 20.6. The summed E-state index contributed by atoms with van der Waals surface area (Å²) in [5.74, 6) is 0.400. The molecule has 2 amide bonds. The quantitative estimate of drug-likeness (QED) is 0.747. The summed E-state index contributed by atoms with van der Waals surface area (Å²) in [6, 6.07) is 11.7. The Labute approximate surface area is 174 Å². The molecule has 0 bridgehead atoms. The summed E-state index contributed by atoms with van der Waals surface area (Å²) in [4.78, 5) is 26.5. The molecule has 0 unspecified atom stereocenters. The molecule has 0 saturated carbocycles. The second kappa shape index (κ2) is 10.1. The van der Waals surface area contributed by atoms with E-state index in [2.05, 4.69) is 5.32 Å². The van der Waals surface area contributed by atoms with Gasteiger partial charge >= 0.3 is 0 Å². The lowest BCUT2D eigenvalue weighted by molar-refractivity contribution is -0.137. The number of benzene rings is 2. The lowest BCUT2D eigenvalue weighted by Gasteiger charge is -2.26. The van der Waals surface area contributed by atoms with Crippen LogP contribution in [0.15, 0.2) is 42.5 Å². The molecule has 0 radical (unpaired) electrons. The van der Waals surface area contributed by atoms with Crippen LogP contribution in [0.5, 0.6) is 11.5 Å². The van der Waals surface area contributed by atoms with E-state index in [1.54, 1.807) is 47.4 Å². The highest BCUT2D eigenvalue weighted by atomic mass is 35.5. The molecule has 0 atom stereocenters. The van der Waals surface area contributed by atoms with Gasteiger partial charge in [0.1, 0.15) is 0 Å². The van der Waals surface area contributed by atoms with Crippen molar-refractivity contribution in [2.24, 2.45) is 0 Å². The van der Waals surface area contributed by atoms with E-state index in [1.807, 2.05) is 6.92 Å². The molecule has 1 fully saturated rings. The first-order valence-corrected chi connectivity index (χ1v) is 9.76. The number of rotatable bonds is 7. The van der Waals surface area contributed by atoms with Crippen LogP contribution in [0.4, 0.5) is 5.69 Å². The molecule has 1 aliphatic rings. The topological polar surface area (TPSA) is 77.1 Å². The molecule has 3 rings (SSSR count). The van der Waals surface area contributed by atoms with Gasteiger partial charge in [-0.05, 0) is 43.3 Å². The van der Waals surface area contributed by atoms with Crippen LogP contribution in [0.1, 0.15) is 17.3 Å². The van der Waals surface area contributed by atoms with Crippen LogP contribution in [0.3, 0.4) is 0 Å². The Morgan fingerprint density at radius 1 is 1.10 bits per heavy atom. The molecular formula is C21H23ClN2O5. The number of ether oxygens (including phenoxy) is 3. The van der Waals surface area contributed by atoms with Crippen molar-refractivity contribution in [3.8, 4) is 11.5 Å². The lowest BCUT2D eigenvalue weighted by Crippen LogP contribution is -2.43. The number of halogens is 1. The second-order valence-corrected chi connectivity index (χ2v) is 6.78. The van der Waals surface area contributed by atoms with E-state index >= 15 is 0 Å². The molecule has 7 nitrogen and oxygen atoms in total. The van der Waals surface area contributed by atoms with Gasteiger partial charge < -0.3 is 24.4 Å². The third-order valence-corrected chi connectivity index (χ3v) is 4.54. The van der Waals surface area contributed by atoms with Crippen LogP contribution >= 0.6 is 11.6 Å². The van der Waals surface area contributed by atoms with Crippen LogP contribution in [0, 0.1) is 0 Å². The molecule has 1 heterocycles. The molecule has 8 heteroatoms. The Hall–Kier alpha value is -2.77. The van der Waals surface area contributed by atoms with Crippen molar-refractivity contribution in [3.63, 3.8) is 0 Å². The van der Waals surface area contributed by atoms with Gasteiger partial charge in [-0.25, -0.2) is 0 Å². The number of nitrogens with one attached hydrogen (secondary N) is 1. The van der Waals surface area contributed by atoms with E-state index in [-0.39, 0.29) is 18.4 Å². The number of hydrogen-bond acceptors (Lipinski definition) is 5. The first-order chi connectivity index (χ1) is 14.1. The minimum absolute atomic E-state index is 0.103. The molecule has 1 aliphatic heterocycles. The number of carbonyl (C=O) groups is 2. The van der Waals surface area contributed by atoms with Gasteiger partial charge in [0.05, 0.1) is 19.8 Å². The largest absolute Gasteiger partial charge is 0.490 e. The number of carbonyl (C=O) groups excluding carboxylic acids is 2. The van der Waals surface area contributed by atoms with E-state index in [9.17, 15) is 9.59 Å². The Morgan fingerprint density at radius 3 is 2.62 bits per heavy atom. The predicted molar refractivity (Wildman–Crippen MR) is 110 cm³/mol. The molecule has 154 valence electrons. The van der Waals surface area contributed by atoms with Crippen molar-refractivity contribution >= 4 is 29.1 Å². The molecule has 0 aromatic heterocycles. The Bertz CT molecular complexity index is 868. The maximum absolute atomic E-state index is 12.5. The summed E-state index contributed by atoms with van der Waals surface area (Å²) in [5, 5.41) is 3.32. The molecule has 1 N–H and O–H groups in total. The highest BCUT2D eigenvalue weighted by molar-refractivity contribution is 6.31. The number of nitrogens with zero attached hydrogens (tertiary/aromatic N) is 1. The van der Waals surface area contributed by atoms with E-state index in [4.69, 9.17) is 25.8 Å². The van der Waals surface area contributed by atoms with Gasteiger partial charge in [0.25, 0.3) is 11.8 Å². The Balaban J connectivity index is 1.67. The highest BCUT2D eigenvalue weighted by Gasteiger charge is 2.18. The standard InChI is InChI=1S/C21H23ClN2O5/c1-2-28-19-12-15(21(26)23-17-5-3-4-16(22)13-17)6-7-18(19)29-14-20(25)24-8-10-27-11-9-24/h3-7,12-13H,2,8-11,14H2,1H3,(H,23,26). The number of hydrogen-bond donors (Lipinski definition) is 1. The maximum Gasteiger partial charge on any atom is 0.260 e.